The normalized spacial score (nSPS) is 10.4. The second kappa shape index (κ2) is 6.17. The minimum Gasteiger partial charge on any atom is -0.463 e. The number of carbonyl (C=O) groups excluding carboxylic acids is 1. The quantitative estimate of drug-likeness (QED) is 0.799. The van der Waals surface area contributed by atoms with Crippen molar-refractivity contribution < 1.29 is 9.21 Å². The number of amides is 1. The number of anilines is 1. The van der Waals surface area contributed by atoms with Crippen LogP contribution in [0, 0.1) is 0 Å². The van der Waals surface area contributed by atoms with Crippen LogP contribution in [0.15, 0.2) is 53.3 Å². The van der Waals surface area contributed by atoms with Crippen molar-refractivity contribution >= 4 is 11.7 Å². The van der Waals surface area contributed by atoms with Crippen molar-refractivity contribution in [2.45, 2.75) is 13.3 Å². The predicted molar refractivity (Wildman–Crippen MR) is 81.9 cm³/mol. The molecule has 0 bridgehead atoms. The van der Waals surface area contributed by atoms with Gasteiger partial charge in [-0.3, -0.25) is 9.78 Å². The molecule has 3 rings (SSSR count). The molecular formula is C16H14N4O2. The van der Waals surface area contributed by atoms with E-state index in [0.29, 0.717) is 35.2 Å². The molecule has 1 amide bonds. The highest BCUT2D eigenvalue weighted by Crippen LogP contribution is 2.23. The first-order valence-corrected chi connectivity index (χ1v) is 6.90. The minimum absolute atomic E-state index is 0.115. The molecule has 0 atom stereocenters. The molecule has 0 aromatic carbocycles. The van der Waals surface area contributed by atoms with E-state index in [0.717, 1.165) is 0 Å². The van der Waals surface area contributed by atoms with Crippen molar-refractivity contribution in [3.8, 4) is 23.0 Å². The zero-order valence-corrected chi connectivity index (χ0v) is 12.0. The third kappa shape index (κ3) is 3.01. The average Bonchev–Trinajstić information content (AvgIpc) is 3.10. The summed E-state index contributed by atoms with van der Waals surface area (Å²) in [4.78, 5) is 24.7. The van der Waals surface area contributed by atoms with Gasteiger partial charge in [0, 0.05) is 18.7 Å². The van der Waals surface area contributed by atoms with E-state index in [4.69, 9.17) is 4.42 Å². The number of aromatic nitrogens is 3. The monoisotopic (exact) mass is 294 g/mol. The number of hydrogen-bond acceptors (Lipinski definition) is 5. The Balaban J connectivity index is 2.07. The standard InChI is InChI=1S/C16H14N4O2/c1-2-15(21)19-14-10-12(13-7-5-9-22-13)18-16(20-14)11-6-3-4-8-17-11/h3-10H,2H2,1H3,(H,18,19,20,21). The van der Waals surface area contributed by atoms with Gasteiger partial charge in [-0.15, -0.1) is 0 Å². The number of nitrogens with zero attached hydrogens (tertiary/aromatic N) is 3. The Hall–Kier alpha value is -3.02. The summed E-state index contributed by atoms with van der Waals surface area (Å²) in [5, 5.41) is 2.74. The molecule has 110 valence electrons. The van der Waals surface area contributed by atoms with Crippen molar-refractivity contribution in [2.75, 3.05) is 5.32 Å². The van der Waals surface area contributed by atoms with E-state index in [-0.39, 0.29) is 5.91 Å². The molecule has 0 aliphatic rings. The lowest BCUT2D eigenvalue weighted by molar-refractivity contribution is -0.115. The van der Waals surface area contributed by atoms with Crippen LogP contribution in [-0.2, 0) is 4.79 Å². The zero-order chi connectivity index (χ0) is 15.4. The van der Waals surface area contributed by atoms with Crippen molar-refractivity contribution in [1.82, 2.24) is 15.0 Å². The van der Waals surface area contributed by atoms with Crippen molar-refractivity contribution in [3.63, 3.8) is 0 Å². The van der Waals surface area contributed by atoms with Crippen LogP contribution in [0.25, 0.3) is 23.0 Å². The molecule has 0 fully saturated rings. The molecule has 0 unspecified atom stereocenters. The molecule has 0 aliphatic heterocycles. The Kier molecular flexibility index (Phi) is 3.91. The zero-order valence-electron chi connectivity index (χ0n) is 12.0. The summed E-state index contributed by atoms with van der Waals surface area (Å²) in [5.41, 5.74) is 1.22. The Bertz CT molecular complexity index is 770. The van der Waals surface area contributed by atoms with Crippen molar-refractivity contribution in [3.05, 3.63) is 48.9 Å². The maximum Gasteiger partial charge on any atom is 0.225 e. The summed E-state index contributed by atoms with van der Waals surface area (Å²) < 4.78 is 5.37. The van der Waals surface area contributed by atoms with Gasteiger partial charge in [0.15, 0.2) is 11.6 Å². The fourth-order valence-corrected chi connectivity index (χ4v) is 1.90. The lowest BCUT2D eigenvalue weighted by Gasteiger charge is -2.07. The van der Waals surface area contributed by atoms with Gasteiger partial charge in [-0.05, 0) is 24.3 Å². The third-order valence-corrected chi connectivity index (χ3v) is 2.98. The molecule has 3 heterocycles. The fourth-order valence-electron chi connectivity index (χ4n) is 1.90. The van der Waals surface area contributed by atoms with E-state index in [1.807, 2.05) is 18.2 Å². The first-order valence-electron chi connectivity index (χ1n) is 6.90. The van der Waals surface area contributed by atoms with Gasteiger partial charge in [0.05, 0.1) is 6.26 Å². The van der Waals surface area contributed by atoms with Crippen LogP contribution in [0.3, 0.4) is 0 Å². The first-order chi connectivity index (χ1) is 10.8. The van der Waals surface area contributed by atoms with Crippen LogP contribution in [0.5, 0.6) is 0 Å². The van der Waals surface area contributed by atoms with Crippen LogP contribution in [0.4, 0.5) is 5.82 Å². The SMILES string of the molecule is CCC(=O)Nc1cc(-c2ccco2)nc(-c2ccccn2)n1. The van der Waals surface area contributed by atoms with Crippen LogP contribution in [0.1, 0.15) is 13.3 Å². The highest BCUT2D eigenvalue weighted by atomic mass is 16.3. The lowest BCUT2D eigenvalue weighted by Crippen LogP contribution is -2.11. The first kappa shape index (κ1) is 13.9. The number of hydrogen-bond donors (Lipinski definition) is 1. The molecule has 0 saturated carbocycles. The molecular weight excluding hydrogens is 280 g/mol. The third-order valence-electron chi connectivity index (χ3n) is 2.98. The average molecular weight is 294 g/mol. The van der Waals surface area contributed by atoms with Gasteiger partial charge in [0.25, 0.3) is 0 Å². The molecule has 0 saturated heterocycles. The topological polar surface area (TPSA) is 80.9 Å². The summed E-state index contributed by atoms with van der Waals surface area (Å²) in [5.74, 6) is 1.34. The molecule has 6 heteroatoms. The molecule has 1 N–H and O–H groups in total. The van der Waals surface area contributed by atoms with Gasteiger partial charge in [-0.1, -0.05) is 13.0 Å². The van der Waals surface area contributed by atoms with Crippen LogP contribution in [-0.4, -0.2) is 20.9 Å². The number of pyridine rings is 1. The van der Waals surface area contributed by atoms with Crippen LogP contribution >= 0.6 is 0 Å². The molecule has 0 radical (unpaired) electrons. The van der Waals surface area contributed by atoms with Gasteiger partial charge in [-0.2, -0.15) is 0 Å². The maximum absolute atomic E-state index is 11.6. The second-order valence-electron chi connectivity index (χ2n) is 4.56. The largest absolute Gasteiger partial charge is 0.463 e. The van der Waals surface area contributed by atoms with E-state index >= 15 is 0 Å². The summed E-state index contributed by atoms with van der Waals surface area (Å²) in [6.45, 7) is 1.78. The molecule has 0 aliphatic carbocycles. The summed E-state index contributed by atoms with van der Waals surface area (Å²) in [6, 6.07) is 10.7. The van der Waals surface area contributed by atoms with Gasteiger partial charge in [0.2, 0.25) is 5.91 Å². The maximum atomic E-state index is 11.6. The van der Waals surface area contributed by atoms with Crippen LogP contribution in [0.2, 0.25) is 0 Å². The smallest absolute Gasteiger partial charge is 0.225 e. The van der Waals surface area contributed by atoms with Gasteiger partial charge in [-0.25, -0.2) is 9.97 Å². The highest BCUT2D eigenvalue weighted by Gasteiger charge is 2.12. The lowest BCUT2D eigenvalue weighted by atomic mass is 10.2. The highest BCUT2D eigenvalue weighted by molar-refractivity contribution is 5.90. The molecule has 6 nitrogen and oxygen atoms in total. The predicted octanol–water partition coefficient (Wildman–Crippen LogP) is 3.15. The summed E-state index contributed by atoms with van der Waals surface area (Å²) >= 11 is 0. The number of nitrogens with one attached hydrogen (secondary N) is 1. The number of rotatable bonds is 4. The van der Waals surface area contributed by atoms with Gasteiger partial charge in [0.1, 0.15) is 17.2 Å². The van der Waals surface area contributed by atoms with Gasteiger partial charge < -0.3 is 9.73 Å². The number of carbonyl (C=O) groups is 1. The van der Waals surface area contributed by atoms with Gasteiger partial charge >= 0.3 is 0 Å². The summed E-state index contributed by atoms with van der Waals surface area (Å²) in [6.07, 6.45) is 3.61. The van der Waals surface area contributed by atoms with Crippen molar-refractivity contribution in [1.29, 1.82) is 0 Å². The van der Waals surface area contributed by atoms with E-state index in [1.54, 1.807) is 37.6 Å². The fraction of sp³-hybridized carbons (Fsp3) is 0.125. The minimum atomic E-state index is -0.115. The molecule has 3 aromatic heterocycles. The summed E-state index contributed by atoms with van der Waals surface area (Å²) in [7, 11) is 0. The van der Waals surface area contributed by atoms with Crippen molar-refractivity contribution in [2.24, 2.45) is 0 Å². The Morgan fingerprint density at radius 2 is 2.09 bits per heavy atom. The van der Waals surface area contributed by atoms with E-state index in [1.165, 1.54) is 0 Å². The van der Waals surface area contributed by atoms with E-state index in [9.17, 15) is 4.79 Å². The Morgan fingerprint density at radius 3 is 2.77 bits per heavy atom. The molecule has 0 spiro atoms. The number of furan rings is 1. The molecule has 22 heavy (non-hydrogen) atoms. The molecule has 3 aromatic rings. The van der Waals surface area contributed by atoms with E-state index < -0.39 is 0 Å². The second-order valence-corrected chi connectivity index (χ2v) is 4.56. The Labute approximate surface area is 127 Å². The van der Waals surface area contributed by atoms with E-state index in [2.05, 4.69) is 20.3 Å². The Morgan fingerprint density at radius 1 is 1.18 bits per heavy atom. The van der Waals surface area contributed by atoms with Crippen LogP contribution < -0.4 is 5.32 Å².